The van der Waals surface area contributed by atoms with Crippen LogP contribution in [0, 0.1) is 0 Å². The molecule has 2 rings (SSSR count). The van der Waals surface area contributed by atoms with Crippen molar-refractivity contribution in [3.05, 3.63) is 0 Å². The lowest BCUT2D eigenvalue weighted by atomic mass is 9.88. The van der Waals surface area contributed by atoms with Gasteiger partial charge in [0.05, 0.1) is 0 Å². The number of hydrogen-bond donors (Lipinski definition) is 1. The minimum atomic E-state index is 0.331. The third-order valence-electron chi connectivity index (χ3n) is 4.60. The van der Waals surface area contributed by atoms with Gasteiger partial charge in [-0.25, -0.2) is 0 Å². The van der Waals surface area contributed by atoms with E-state index < -0.39 is 0 Å². The van der Waals surface area contributed by atoms with Gasteiger partial charge in [0.15, 0.2) is 0 Å². The Morgan fingerprint density at radius 2 is 1.69 bits per heavy atom. The predicted octanol–water partition coefficient (Wildman–Crippen LogP) is 1.28. The molecule has 16 heavy (non-hydrogen) atoms. The molecule has 0 aromatic carbocycles. The van der Waals surface area contributed by atoms with E-state index in [1.54, 1.807) is 0 Å². The van der Waals surface area contributed by atoms with Crippen LogP contribution in [0.4, 0.5) is 0 Å². The molecule has 1 saturated carbocycles. The maximum Gasteiger partial charge on any atom is 0.0277 e. The predicted molar refractivity (Wildman–Crippen MR) is 68.5 cm³/mol. The van der Waals surface area contributed by atoms with Gasteiger partial charge in [0.1, 0.15) is 0 Å². The fourth-order valence-electron chi connectivity index (χ4n) is 3.06. The Labute approximate surface area is 100.0 Å². The average Bonchev–Trinajstić information content (AvgIpc) is 2.23. The van der Waals surface area contributed by atoms with Crippen molar-refractivity contribution in [2.75, 3.05) is 26.7 Å². The van der Waals surface area contributed by atoms with Crippen molar-refractivity contribution in [1.29, 1.82) is 0 Å². The largest absolute Gasteiger partial charge is 0.328 e. The molecule has 2 fully saturated rings. The van der Waals surface area contributed by atoms with Crippen molar-refractivity contribution in [2.24, 2.45) is 5.73 Å². The van der Waals surface area contributed by atoms with Crippen LogP contribution < -0.4 is 5.73 Å². The normalized spacial score (nSPS) is 37.5. The van der Waals surface area contributed by atoms with Crippen LogP contribution in [0.25, 0.3) is 0 Å². The zero-order valence-electron chi connectivity index (χ0n) is 11.1. The summed E-state index contributed by atoms with van der Waals surface area (Å²) in [7, 11) is 2.24. The first-order valence-electron chi connectivity index (χ1n) is 6.70. The van der Waals surface area contributed by atoms with Crippen molar-refractivity contribution in [1.82, 2.24) is 9.80 Å². The Morgan fingerprint density at radius 1 is 1.06 bits per heavy atom. The molecular formula is C13H27N3. The van der Waals surface area contributed by atoms with Crippen LogP contribution in [0.3, 0.4) is 0 Å². The lowest BCUT2D eigenvalue weighted by Crippen LogP contribution is -2.60. The SMILES string of the molecule is CN1CCN(C2CCC(N)CC2)CC1(C)C. The van der Waals surface area contributed by atoms with E-state index in [9.17, 15) is 0 Å². The summed E-state index contributed by atoms with van der Waals surface area (Å²) in [6.07, 6.45) is 5.05. The second kappa shape index (κ2) is 4.63. The summed E-state index contributed by atoms with van der Waals surface area (Å²) >= 11 is 0. The summed E-state index contributed by atoms with van der Waals surface area (Å²) in [5.41, 5.74) is 6.31. The molecule has 1 aliphatic carbocycles. The van der Waals surface area contributed by atoms with E-state index in [1.807, 2.05) is 0 Å². The fraction of sp³-hybridized carbons (Fsp3) is 1.00. The molecule has 2 N–H and O–H groups in total. The van der Waals surface area contributed by atoms with Crippen molar-refractivity contribution >= 4 is 0 Å². The topological polar surface area (TPSA) is 32.5 Å². The van der Waals surface area contributed by atoms with Crippen LogP contribution >= 0.6 is 0 Å². The highest BCUT2D eigenvalue weighted by Crippen LogP contribution is 2.27. The molecule has 0 atom stereocenters. The van der Waals surface area contributed by atoms with Crippen LogP contribution in [-0.4, -0.2) is 54.1 Å². The molecule has 1 aliphatic heterocycles. The molecule has 2 aliphatic rings. The quantitative estimate of drug-likeness (QED) is 0.730. The molecule has 0 aromatic heterocycles. The lowest BCUT2D eigenvalue weighted by molar-refractivity contribution is 0.00678. The van der Waals surface area contributed by atoms with Crippen LogP contribution in [-0.2, 0) is 0 Å². The Morgan fingerprint density at radius 3 is 2.25 bits per heavy atom. The minimum absolute atomic E-state index is 0.331. The molecule has 0 unspecified atom stereocenters. The maximum absolute atomic E-state index is 5.98. The fourth-order valence-corrected chi connectivity index (χ4v) is 3.06. The summed E-state index contributed by atoms with van der Waals surface area (Å²) < 4.78 is 0. The smallest absolute Gasteiger partial charge is 0.0277 e. The van der Waals surface area contributed by atoms with Gasteiger partial charge in [-0.2, -0.15) is 0 Å². The maximum atomic E-state index is 5.98. The molecule has 1 saturated heterocycles. The van der Waals surface area contributed by atoms with Gasteiger partial charge in [0.2, 0.25) is 0 Å². The van der Waals surface area contributed by atoms with Gasteiger partial charge in [-0.1, -0.05) is 0 Å². The van der Waals surface area contributed by atoms with E-state index in [2.05, 4.69) is 30.7 Å². The summed E-state index contributed by atoms with van der Waals surface area (Å²) in [6, 6.07) is 1.27. The molecule has 94 valence electrons. The van der Waals surface area contributed by atoms with Gasteiger partial charge >= 0.3 is 0 Å². The van der Waals surface area contributed by atoms with Crippen LogP contribution in [0.1, 0.15) is 39.5 Å². The third-order valence-corrected chi connectivity index (χ3v) is 4.60. The molecule has 0 spiro atoms. The lowest BCUT2D eigenvalue weighted by Gasteiger charge is -2.49. The number of piperazine rings is 1. The first-order valence-corrected chi connectivity index (χ1v) is 6.70. The number of nitrogens with two attached hydrogens (primary N) is 1. The second-order valence-electron chi connectivity index (χ2n) is 6.27. The van der Waals surface area contributed by atoms with Gasteiger partial charge in [-0.15, -0.1) is 0 Å². The zero-order chi connectivity index (χ0) is 11.8. The standard InChI is InChI=1S/C13H27N3/c1-13(2)10-16(9-8-15(13)3)12-6-4-11(14)5-7-12/h11-12H,4-10,14H2,1-3H3. The molecule has 1 heterocycles. The van der Waals surface area contributed by atoms with Crippen molar-refractivity contribution < 1.29 is 0 Å². The summed E-state index contributed by atoms with van der Waals surface area (Å²) in [4.78, 5) is 5.18. The molecule has 3 heteroatoms. The van der Waals surface area contributed by atoms with E-state index in [1.165, 1.54) is 45.3 Å². The van der Waals surface area contributed by atoms with E-state index in [-0.39, 0.29) is 0 Å². The highest BCUT2D eigenvalue weighted by atomic mass is 15.3. The van der Waals surface area contributed by atoms with Crippen molar-refractivity contribution in [3.8, 4) is 0 Å². The van der Waals surface area contributed by atoms with E-state index in [0.29, 0.717) is 11.6 Å². The van der Waals surface area contributed by atoms with Crippen molar-refractivity contribution in [3.63, 3.8) is 0 Å². The van der Waals surface area contributed by atoms with Gasteiger partial charge in [0, 0.05) is 37.3 Å². The zero-order valence-corrected chi connectivity index (χ0v) is 11.1. The molecule has 0 aromatic rings. The Bertz CT molecular complexity index is 231. The Hall–Kier alpha value is -0.120. The van der Waals surface area contributed by atoms with Gasteiger partial charge in [-0.3, -0.25) is 9.80 Å². The summed E-state index contributed by atoms with van der Waals surface area (Å²) in [5.74, 6) is 0. The molecule has 0 amide bonds. The average molecular weight is 225 g/mol. The van der Waals surface area contributed by atoms with E-state index in [4.69, 9.17) is 5.73 Å². The first-order chi connectivity index (χ1) is 7.49. The van der Waals surface area contributed by atoms with E-state index >= 15 is 0 Å². The van der Waals surface area contributed by atoms with Crippen LogP contribution in [0.5, 0.6) is 0 Å². The minimum Gasteiger partial charge on any atom is -0.328 e. The number of hydrogen-bond acceptors (Lipinski definition) is 3. The monoisotopic (exact) mass is 225 g/mol. The highest BCUT2D eigenvalue weighted by Gasteiger charge is 2.34. The van der Waals surface area contributed by atoms with E-state index in [0.717, 1.165) is 6.04 Å². The van der Waals surface area contributed by atoms with Gasteiger partial charge in [-0.05, 0) is 46.6 Å². The molecule has 3 nitrogen and oxygen atoms in total. The Kier molecular flexibility index (Phi) is 3.57. The highest BCUT2D eigenvalue weighted by molar-refractivity contribution is 4.92. The van der Waals surface area contributed by atoms with Crippen LogP contribution in [0.15, 0.2) is 0 Å². The summed E-state index contributed by atoms with van der Waals surface area (Å²) in [5, 5.41) is 0. The second-order valence-corrected chi connectivity index (χ2v) is 6.27. The third kappa shape index (κ3) is 2.58. The molecule has 0 radical (unpaired) electrons. The number of nitrogens with zero attached hydrogens (tertiary/aromatic N) is 2. The summed E-state index contributed by atoms with van der Waals surface area (Å²) in [6.45, 7) is 8.36. The molecular weight excluding hydrogens is 198 g/mol. The number of likely N-dealkylation sites (N-methyl/N-ethyl adjacent to an activating group) is 1. The molecule has 0 bridgehead atoms. The van der Waals surface area contributed by atoms with Crippen molar-refractivity contribution in [2.45, 2.75) is 57.2 Å². The Balaban J connectivity index is 1.91. The van der Waals surface area contributed by atoms with Gasteiger partial charge < -0.3 is 5.73 Å². The van der Waals surface area contributed by atoms with Gasteiger partial charge in [0.25, 0.3) is 0 Å². The first kappa shape index (κ1) is 12.3. The number of rotatable bonds is 1. The van der Waals surface area contributed by atoms with Crippen LogP contribution in [0.2, 0.25) is 0 Å².